The lowest BCUT2D eigenvalue weighted by Crippen LogP contribution is -2.05. The van der Waals surface area contributed by atoms with Crippen LogP contribution in [0.3, 0.4) is 0 Å². The molecule has 0 saturated heterocycles. The molecule has 26 heavy (non-hydrogen) atoms. The Morgan fingerprint density at radius 1 is 0.885 bits per heavy atom. The van der Waals surface area contributed by atoms with Gasteiger partial charge in [-0.05, 0) is 66.7 Å². The van der Waals surface area contributed by atoms with E-state index in [1.807, 2.05) is 6.07 Å². The smallest absolute Gasteiger partial charge is 0.336 e. The van der Waals surface area contributed by atoms with E-state index >= 15 is 0 Å². The van der Waals surface area contributed by atoms with Gasteiger partial charge in [0, 0.05) is 23.4 Å². The fourth-order valence-electron chi connectivity index (χ4n) is 2.22. The summed E-state index contributed by atoms with van der Waals surface area (Å²) in [5, 5.41) is 0. The molecule has 3 rings (SSSR count). The molecule has 1 heterocycles. The Balaban J connectivity index is 1.64. The number of benzene rings is 2. The molecule has 0 N–H and O–H groups in total. The maximum Gasteiger partial charge on any atom is 0.336 e. The SMILES string of the molecule is O=C(/C=C/c1ccccn1)Oc1ccc(C(=O)c2ccc(F)cc2)cc1. The van der Waals surface area contributed by atoms with Gasteiger partial charge in [-0.2, -0.15) is 0 Å². The number of carbonyl (C=O) groups excluding carboxylic acids is 2. The molecule has 3 aromatic rings. The topological polar surface area (TPSA) is 56.3 Å². The minimum absolute atomic E-state index is 0.238. The summed E-state index contributed by atoms with van der Waals surface area (Å²) in [6, 6.07) is 16.8. The molecular weight excluding hydrogens is 333 g/mol. The Labute approximate surface area is 149 Å². The maximum atomic E-state index is 12.9. The third-order valence-corrected chi connectivity index (χ3v) is 3.52. The highest BCUT2D eigenvalue weighted by Crippen LogP contribution is 2.16. The second-order valence-electron chi connectivity index (χ2n) is 5.37. The molecule has 0 radical (unpaired) electrons. The molecule has 0 saturated carbocycles. The Kier molecular flexibility index (Phi) is 5.29. The Hall–Kier alpha value is -3.60. The zero-order valence-electron chi connectivity index (χ0n) is 13.6. The summed E-state index contributed by atoms with van der Waals surface area (Å²) >= 11 is 0. The molecular formula is C21H14FNO3. The highest BCUT2D eigenvalue weighted by Gasteiger charge is 2.10. The van der Waals surface area contributed by atoms with Crippen molar-refractivity contribution in [1.82, 2.24) is 4.98 Å². The highest BCUT2D eigenvalue weighted by atomic mass is 19.1. The first-order valence-corrected chi connectivity index (χ1v) is 7.83. The standard InChI is InChI=1S/C21H14FNO3/c22-17-8-4-15(5-9-17)21(25)16-6-11-19(12-7-16)26-20(24)13-10-18-3-1-2-14-23-18/h1-14H/b13-10+. The summed E-state index contributed by atoms with van der Waals surface area (Å²) < 4.78 is 18.1. The van der Waals surface area contributed by atoms with Gasteiger partial charge in [-0.15, -0.1) is 0 Å². The number of carbonyl (C=O) groups is 2. The van der Waals surface area contributed by atoms with Crippen LogP contribution in [0, 0.1) is 5.82 Å². The predicted molar refractivity (Wildman–Crippen MR) is 95.2 cm³/mol. The van der Waals surface area contributed by atoms with Crippen LogP contribution in [0.5, 0.6) is 5.75 Å². The van der Waals surface area contributed by atoms with Crippen molar-refractivity contribution in [2.45, 2.75) is 0 Å². The van der Waals surface area contributed by atoms with Crippen LogP contribution in [0.4, 0.5) is 4.39 Å². The van der Waals surface area contributed by atoms with Crippen molar-refractivity contribution in [2.75, 3.05) is 0 Å². The number of halogens is 1. The van der Waals surface area contributed by atoms with E-state index in [0.717, 1.165) is 0 Å². The van der Waals surface area contributed by atoms with Gasteiger partial charge in [0.1, 0.15) is 11.6 Å². The van der Waals surface area contributed by atoms with Crippen LogP contribution in [-0.2, 0) is 4.79 Å². The Bertz CT molecular complexity index is 933. The van der Waals surface area contributed by atoms with Gasteiger partial charge in [0.05, 0.1) is 5.69 Å². The number of nitrogens with zero attached hydrogens (tertiary/aromatic N) is 1. The van der Waals surface area contributed by atoms with Gasteiger partial charge >= 0.3 is 5.97 Å². The van der Waals surface area contributed by atoms with E-state index in [9.17, 15) is 14.0 Å². The molecule has 2 aromatic carbocycles. The average molecular weight is 347 g/mol. The van der Waals surface area contributed by atoms with Crippen LogP contribution < -0.4 is 4.74 Å². The molecule has 0 spiro atoms. The molecule has 128 valence electrons. The largest absolute Gasteiger partial charge is 0.423 e. The van der Waals surface area contributed by atoms with E-state index in [1.54, 1.807) is 36.5 Å². The summed E-state index contributed by atoms with van der Waals surface area (Å²) in [5.41, 5.74) is 1.44. The lowest BCUT2D eigenvalue weighted by molar-refractivity contribution is -0.128. The van der Waals surface area contributed by atoms with Crippen molar-refractivity contribution in [2.24, 2.45) is 0 Å². The number of ether oxygens (including phenoxy) is 1. The minimum Gasteiger partial charge on any atom is -0.423 e. The van der Waals surface area contributed by atoms with Crippen LogP contribution in [0.1, 0.15) is 21.6 Å². The highest BCUT2D eigenvalue weighted by molar-refractivity contribution is 6.09. The third kappa shape index (κ3) is 4.48. The Morgan fingerprint density at radius 3 is 2.15 bits per heavy atom. The van der Waals surface area contributed by atoms with E-state index in [1.165, 1.54) is 42.5 Å². The van der Waals surface area contributed by atoms with Gasteiger partial charge in [0.25, 0.3) is 0 Å². The molecule has 0 aliphatic carbocycles. The number of pyridine rings is 1. The van der Waals surface area contributed by atoms with Gasteiger partial charge in [0.15, 0.2) is 5.78 Å². The molecule has 0 fully saturated rings. The quantitative estimate of drug-likeness (QED) is 0.302. The number of aromatic nitrogens is 1. The number of hydrogen-bond donors (Lipinski definition) is 0. The van der Waals surface area contributed by atoms with E-state index in [0.29, 0.717) is 22.6 Å². The molecule has 0 amide bonds. The number of rotatable bonds is 5. The summed E-state index contributed by atoms with van der Waals surface area (Å²) in [6.07, 6.45) is 4.45. The summed E-state index contributed by atoms with van der Waals surface area (Å²) in [5.74, 6) is -0.870. The van der Waals surface area contributed by atoms with Crippen LogP contribution in [0.25, 0.3) is 6.08 Å². The number of esters is 1. The fourth-order valence-corrected chi connectivity index (χ4v) is 2.22. The zero-order chi connectivity index (χ0) is 18.4. The zero-order valence-corrected chi connectivity index (χ0v) is 13.6. The molecule has 0 unspecified atom stereocenters. The van der Waals surface area contributed by atoms with E-state index in [4.69, 9.17) is 4.74 Å². The van der Waals surface area contributed by atoms with Gasteiger partial charge in [-0.3, -0.25) is 9.78 Å². The van der Waals surface area contributed by atoms with Crippen molar-refractivity contribution < 1.29 is 18.7 Å². The van der Waals surface area contributed by atoms with Crippen molar-refractivity contribution in [3.63, 3.8) is 0 Å². The van der Waals surface area contributed by atoms with Gasteiger partial charge in [-0.1, -0.05) is 6.07 Å². The van der Waals surface area contributed by atoms with Crippen LogP contribution >= 0.6 is 0 Å². The molecule has 5 heteroatoms. The van der Waals surface area contributed by atoms with Crippen LogP contribution in [0.2, 0.25) is 0 Å². The van der Waals surface area contributed by atoms with Crippen LogP contribution in [0.15, 0.2) is 79.0 Å². The third-order valence-electron chi connectivity index (χ3n) is 3.52. The molecule has 0 bridgehead atoms. The lowest BCUT2D eigenvalue weighted by atomic mass is 10.0. The second-order valence-corrected chi connectivity index (χ2v) is 5.37. The van der Waals surface area contributed by atoms with Gasteiger partial charge in [0.2, 0.25) is 0 Å². The number of hydrogen-bond acceptors (Lipinski definition) is 4. The first kappa shape index (κ1) is 17.2. The minimum atomic E-state index is -0.548. The maximum absolute atomic E-state index is 12.9. The van der Waals surface area contributed by atoms with Gasteiger partial charge < -0.3 is 4.74 Å². The molecule has 1 aromatic heterocycles. The monoisotopic (exact) mass is 347 g/mol. The second kappa shape index (κ2) is 7.98. The average Bonchev–Trinajstić information content (AvgIpc) is 2.68. The van der Waals surface area contributed by atoms with Gasteiger partial charge in [-0.25, -0.2) is 9.18 Å². The molecule has 0 aliphatic heterocycles. The normalized spacial score (nSPS) is 10.7. The van der Waals surface area contributed by atoms with Crippen LogP contribution in [-0.4, -0.2) is 16.7 Å². The fraction of sp³-hybridized carbons (Fsp3) is 0. The Morgan fingerprint density at radius 2 is 1.54 bits per heavy atom. The summed E-state index contributed by atoms with van der Waals surface area (Å²) in [7, 11) is 0. The van der Waals surface area contributed by atoms with E-state index in [-0.39, 0.29) is 5.78 Å². The van der Waals surface area contributed by atoms with Crippen molar-refractivity contribution in [3.05, 3.63) is 102 Å². The molecule has 0 atom stereocenters. The first-order chi connectivity index (χ1) is 12.6. The predicted octanol–water partition coefficient (Wildman–Crippen LogP) is 4.07. The lowest BCUT2D eigenvalue weighted by Gasteiger charge is -2.04. The summed E-state index contributed by atoms with van der Waals surface area (Å²) in [6.45, 7) is 0. The van der Waals surface area contributed by atoms with Crippen molar-refractivity contribution in [3.8, 4) is 5.75 Å². The molecule has 4 nitrogen and oxygen atoms in total. The number of ketones is 1. The first-order valence-electron chi connectivity index (χ1n) is 7.83. The van der Waals surface area contributed by atoms with E-state index < -0.39 is 11.8 Å². The molecule has 0 aliphatic rings. The summed E-state index contributed by atoms with van der Waals surface area (Å²) in [4.78, 5) is 28.2. The van der Waals surface area contributed by atoms with Crippen molar-refractivity contribution >= 4 is 17.8 Å². The van der Waals surface area contributed by atoms with E-state index in [2.05, 4.69) is 4.98 Å². The van der Waals surface area contributed by atoms with Crippen molar-refractivity contribution in [1.29, 1.82) is 0 Å².